The molecule has 0 aliphatic carbocycles. The van der Waals surface area contributed by atoms with E-state index in [0.717, 1.165) is 16.7 Å². The van der Waals surface area contributed by atoms with Crippen LogP contribution in [-0.4, -0.2) is 50.6 Å². The lowest BCUT2D eigenvalue weighted by Gasteiger charge is -2.16. The van der Waals surface area contributed by atoms with E-state index in [1.807, 2.05) is 0 Å². The second kappa shape index (κ2) is 9.02. The zero-order chi connectivity index (χ0) is 21.0. The van der Waals surface area contributed by atoms with Gasteiger partial charge in [0.15, 0.2) is 11.5 Å². The largest absolute Gasteiger partial charge is 0.497 e. The van der Waals surface area contributed by atoms with Crippen LogP contribution >= 0.6 is 11.8 Å². The van der Waals surface area contributed by atoms with Crippen LogP contribution < -0.4 is 19.1 Å². The molecule has 0 fully saturated rings. The van der Waals surface area contributed by atoms with Crippen molar-refractivity contribution in [3.05, 3.63) is 52.9 Å². The number of methoxy groups -OCH3 is 3. The molecule has 0 saturated carbocycles. The van der Waals surface area contributed by atoms with Crippen LogP contribution in [0.25, 0.3) is 5.57 Å². The summed E-state index contributed by atoms with van der Waals surface area (Å²) in [6, 6.07) is 11.7. The van der Waals surface area contributed by atoms with Crippen LogP contribution in [-0.2, 0) is 9.59 Å². The number of thioether (sulfide) groups is 1. The van der Waals surface area contributed by atoms with Crippen LogP contribution in [0.2, 0.25) is 0 Å². The van der Waals surface area contributed by atoms with Crippen LogP contribution in [0.5, 0.6) is 17.2 Å². The third kappa shape index (κ3) is 3.94. The van der Waals surface area contributed by atoms with Gasteiger partial charge in [-0.1, -0.05) is 6.07 Å². The van der Waals surface area contributed by atoms with Crippen LogP contribution in [0.4, 0.5) is 5.69 Å². The van der Waals surface area contributed by atoms with E-state index in [1.165, 1.54) is 14.2 Å². The molecule has 0 spiro atoms. The summed E-state index contributed by atoms with van der Waals surface area (Å²) in [5, 5.41) is 9.22. The number of carbonyl (C=O) groups is 2. The molecule has 2 aromatic rings. The fraction of sp³-hybridized carbons (Fsp3) is 0.238. The maximum Gasteiger partial charge on any atom is 0.272 e. The quantitative estimate of drug-likeness (QED) is 0.664. The number of rotatable bonds is 8. The molecule has 0 unspecified atom stereocenters. The summed E-state index contributed by atoms with van der Waals surface area (Å²) in [5.74, 6) is 1.02. The van der Waals surface area contributed by atoms with E-state index in [1.54, 1.807) is 49.6 Å². The van der Waals surface area contributed by atoms with Crippen LogP contribution in [0.1, 0.15) is 5.56 Å². The molecule has 2 amide bonds. The summed E-state index contributed by atoms with van der Waals surface area (Å²) < 4.78 is 15.7. The van der Waals surface area contributed by atoms with Crippen LogP contribution in [0.3, 0.4) is 0 Å². The molecule has 1 aliphatic rings. The minimum atomic E-state index is -0.437. The number of ether oxygens (including phenoxy) is 3. The highest BCUT2D eigenvalue weighted by molar-refractivity contribution is 8.04. The number of hydrogen-bond donors (Lipinski definition) is 1. The Morgan fingerprint density at radius 3 is 2.17 bits per heavy atom. The third-order valence-corrected chi connectivity index (χ3v) is 5.44. The molecule has 1 heterocycles. The van der Waals surface area contributed by atoms with Crippen LogP contribution in [0.15, 0.2) is 47.4 Å². The van der Waals surface area contributed by atoms with Gasteiger partial charge in [-0.3, -0.25) is 9.59 Å². The zero-order valence-electron chi connectivity index (χ0n) is 16.3. The first kappa shape index (κ1) is 20.8. The molecule has 2 aromatic carbocycles. The summed E-state index contributed by atoms with van der Waals surface area (Å²) in [4.78, 5) is 27.8. The maximum atomic E-state index is 13.3. The molecule has 0 radical (unpaired) electrons. The van der Waals surface area contributed by atoms with Crippen molar-refractivity contribution in [3.8, 4) is 17.2 Å². The molecule has 3 rings (SSSR count). The lowest BCUT2D eigenvalue weighted by molar-refractivity contribution is -0.119. The monoisotopic (exact) mass is 415 g/mol. The average molecular weight is 415 g/mol. The SMILES string of the molecule is COc1ccc(N2C(=O)C(SCCO)=C(c3ccc(OC)c(OC)c3)C2=O)cc1. The second-order valence-corrected chi connectivity index (χ2v) is 7.09. The van der Waals surface area contributed by atoms with E-state index in [9.17, 15) is 14.7 Å². The predicted molar refractivity (Wildman–Crippen MR) is 111 cm³/mol. The molecule has 0 aromatic heterocycles. The van der Waals surface area contributed by atoms with Gasteiger partial charge in [0.2, 0.25) is 0 Å². The van der Waals surface area contributed by atoms with Gasteiger partial charge in [0, 0.05) is 5.75 Å². The standard InChI is InChI=1S/C21H21NO6S/c1-26-15-7-5-14(6-8-15)22-20(24)18(19(21(22)25)29-11-10-23)13-4-9-16(27-2)17(12-13)28-3/h4-9,12,23H,10-11H2,1-3H3. The highest BCUT2D eigenvalue weighted by Gasteiger charge is 2.40. The second-order valence-electron chi connectivity index (χ2n) is 5.99. The molecule has 1 N–H and O–H groups in total. The van der Waals surface area contributed by atoms with Crippen molar-refractivity contribution in [2.45, 2.75) is 0 Å². The highest BCUT2D eigenvalue weighted by atomic mass is 32.2. The Labute approximate surface area is 172 Å². The van der Waals surface area contributed by atoms with Crippen molar-refractivity contribution < 1.29 is 28.9 Å². The Morgan fingerprint density at radius 1 is 0.897 bits per heavy atom. The first-order valence-corrected chi connectivity index (χ1v) is 9.77. The molecule has 8 heteroatoms. The molecule has 0 bridgehead atoms. The fourth-order valence-electron chi connectivity index (χ4n) is 3.00. The number of imide groups is 1. The lowest BCUT2D eigenvalue weighted by atomic mass is 10.1. The minimum Gasteiger partial charge on any atom is -0.497 e. The first-order valence-electron chi connectivity index (χ1n) is 8.78. The molecule has 29 heavy (non-hydrogen) atoms. The van der Waals surface area contributed by atoms with Gasteiger partial charge in [0.25, 0.3) is 11.8 Å². The average Bonchev–Trinajstić information content (AvgIpc) is 3.01. The number of hydrogen-bond acceptors (Lipinski definition) is 7. The minimum absolute atomic E-state index is 0.114. The number of carbonyl (C=O) groups excluding carboxylic acids is 2. The number of aliphatic hydroxyl groups excluding tert-OH is 1. The summed E-state index contributed by atoms with van der Waals surface area (Å²) >= 11 is 1.15. The van der Waals surface area contributed by atoms with Gasteiger partial charge in [-0.25, -0.2) is 4.90 Å². The maximum absolute atomic E-state index is 13.3. The Kier molecular flexibility index (Phi) is 6.46. The third-order valence-electron chi connectivity index (χ3n) is 4.38. The summed E-state index contributed by atoms with van der Waals surface area (Å²) in [6.45, 7) is -0.114. The Morgan fingerprint density at radius 2 is 1.59 bits per heavy atom. The first-order chi connectivity index (χ1) is 14.0. The van der Waals surface area contributed by atoms with Gasteiger partial charge in [0.1, 0.15) is 5.75 Å². The summed E-state index contributed by atoms with van der Waals surface area (Å²) in [6.07, 6.45) is 0. The normalized spacial score (nSPS) is 13.9. The smallest absolute Gasteiger partial charge is 0.272 e. The molecule has 7 nitrogen and oxygen atoms in total. The molecule has 152 valence electrons. The van der Waals surface area contributed by atoms with Gasteiger partial charge < -0.3 is 19.3 Å². The van der Waals surface area contributed by atoms with Crippen molar-refractivity contribution in [1.29, 1.82) is 0 Å². The highest BCUT2D eigenvalue weighted by Crippen LogP contribution is 2.40. The van der Waals surface area contributed by atoms with E-state index in [2.05, 4.69) is 0 Å². The number of aliphatic hydroxyl groups is 1. The number of amides is 2. The van der Waals surface area contributed by atoms with Crippen molar-refractivity contribution in [1.82, 2.24) is 0 Å². The Balaban J connectivity index is 2.07. The van der Waals surface area contributed by atoms with E-state index >= 15 is 0 Å². The van der Waals surface area contributed by atoms with Gasteiger partial charge in [0.05, 0.1) is 44.1 Å². The molecule has 0 atom stereocenters. The van der Waals surface area contributed by atoms with Crippen molar-refractivity contribution in [2.75, 3.05) is 38.6 Å². The summed E-state index contributed by atoms with van der Waals surface area (Å²) in [5.41, 5.74) is 1.25. The van der Waals surface area contributed by atoms with Gasteiger partial charge >= 0.3 is 0 Å². The lowest BCUT2D eigenvalue weighted by Crippen LogP contribution is -2.31. The van der Waals surface area contributed by atoms with Crippen molar-refractivity contribution in [3.63, 3.8) is 0 Å². The molecular weight excluding hydrogens is 394 g/mol. The Hall–Kier alpha value is -2.97. The molecular formula is C21H21NO6S. The zero-order valence-corrected chi connectivity index (χ0v) is 17.1. The van der Waals surface area contributed by atoms with Gasteiger partial charge in [-0.05, 0) is 42.0 Å². The molecule has 1 aliphatic heterocycles. The number of anilines is 1. The van der Waals surface area contributed by atoms with Crippen molar-refractivity contribution >= 4 is 34.8 Å². The van der Waals surface area contributed by atoms with E-state index in [0.29, 0.717) is 34.3 Å². The van der Waals surface area contributed by atoms with E-state index in [4.69, 9.17) is 14.2 Å². The van der Waals surface area contributed by atoms with E-state index in [-0.39, 0.29) is 17.1 Å². The summed E-state index contributed by atoms with van der Waals surface area (Å²) in [7, 11) is 4.57. The fourth-order valence-corrected chi connectivity index (χ4v) is 3.86. The van der Waals surface area contributed by atoms with E-state index < -0.39 is 11.8 Å². The number of benzene rings is 2. The van der Waals surface area contributed by atoms with Crippen molar-refractivity contribution in [2.24, 2.45) is 0 Å². The Bertz CT molecular complexity index is 954. The van der Waals surface area contributed by atoms with Gasteiger partial charge in [-0.2, -0.15) is 0 Å². The predicted octanol–water partition coefficient (Wildman–Crippen LogP) is 2.72. The van der Waals surface area contributed by atoms with Gasteiger partial charge in [-0.15, -0.1) is 11.8 Å². The van der Waals surface area contributed by atoms with Crippen LogP contribution in [0, 0.1) is 0 Å². The topological polar surface area (TPSA) is 85.3 Å². The molecule has 0 saturated heterocycles. The number of nitrogens with zero attached hydrogens (tertiary/aromatic N) is 1.